The second kappa shape index (κ2) is 72.0. The van der Waals surface area contributed by atoms with Crippen LogP contribution in [-0.4, -0.2) is 193 Å². The maximum absolute atomic E-state index is 13.5. The molecule has 0 aromatic heterocycles. The third kappa shape index (κ3) is 50.5. The Morgan fingerprint density at radius 2 is 0.619 bits per heavy atom. The van der Waals surface area contributed by atoms with Crippen molar-refractivity contribution in [2.24, 2.45) is 0 Å². The van der Waals surface area contributed by atoms with Crippen LogP contribution in [0, 0.1) is 0 Å². The summed E-state index contributed by atoms with van der Waals surface area (Å²) >= 11 is 0. The molecular weight excluding hydrogens is 1430 g/mol. The molecule has 1 amide bonds. The average molecular weight is 1590 g/mol. The van der Waals surface area contributed by atoms with E-state index in [0.29, 0.717) is 12.8 Å². The second-order valence-electron chi connectivity index (χ2n) is 31.3. The fourth-order valence-electron chi connectivity index (χ4n) is 14.3. The largest absolute Gasteiger partial charge is 0.394 e. The molecule has 3 fully saturated rings. The van der Waals surface area contributed by atoms with Gasteiger partial charge in [-0.2, -0.15) is 0 Å². The van der Waals surface area contributed by atoms with Gasteiger partial charge < -0.3 is 89.9 Å². The predicted molar refractivity (Wildman–Crippen MR) is 456 cm³/mol. The van der Waals surface area contributed by atoms with E-state index in [0.717, 1.165) is 122 Å². The van der Waals surface area contributed by atoms with E-state index in [1.807, 2.05) is 6.08 Å². The van der Waals surface area contributed by atoms with Crippen LogP contribution in [0.4, 0.5) is 0 Å². The molecule has 3 heterocycles. The maximum Gasteiger partial charge on any atom is 0.220 e. The zero-order valence-electron chi connectivity index (χ0n) is 70.1. The summed E-state index contributed by atoms with van der Waals surface area (Å²) in [6.07, 6.45) is 77.4. The number of hydrogen-bond acceptors (Lipinski definition) is 18. The number of amides is 1. The van der Waals surface area contributed by atoms with Gasteiger partial charge >= 0.3 is 0 Å². The van der Waals surface area contributed by atoms with Gasteiger partial charge in [-0.3, -0.25) is 4.79 Å². The van der Waals surface area contributed by atoms with Crippen molar-refractivity contribution >= 4 is 5.91 Å². The van der Waals surface area contributed by atoms with Crippen molar-refractivity contribution in [3.63, 3.8) is 0 Å². The van der Waals surface area contributed by atoms with Crippen LogP contribution in [-0.2, 0) is 33.2 Å². The second-order valence-corrected chi connectivity index (χ2v) is 31.3. The number of aliphatic hydroxyl groups excluding tert-OH is 11. The van der Waals surface area contributed by atoms with Gasteiger partial charge in [-0.25, -0.2) is 0 Å². The van der Waals surface area contributed by atoms with Crippen molar-refractivity contribution in [2.45, 2.75) is 426 Å². The summed E-state index contributed by atoms with van der Waals surface area (Å²) in [4.78, 5) is 13.5. The number of nitrogens with one attached hydrogen (secondary N) is 1. The lowest BCUT2D eigenvalue weighted by Crippen LogP contribution is -2.66. The van der Waals surface area contributed by atoms with Crippen LogP contribution in [0.3, 0.4) is 0 Å². The Kier molecular flexibility index (Phi) is 65.7. The number of unbranched alkanes of at least 4 members (excludes halogenated alkanes) is 35. The first kappa shape index (κ1) is 103. The molecule has 19 nitrogen and oxygen atoms in total. The van der Waals surface area contributed by atoms with E-state index >= 15 is 0 Å². The van der Waals surface area contributed by atoms with Gasteiger partial charge in [-0.1, -0.05) is 347 Å². The fourth-order valence-corrected chi connectivity index (χ4v) is 14.3. The Bertz CT molecular complexity index is 2560. The molecule has 17 atom stereocenters. The minimum atomic E-state index is -1.99. The van der Waals surface area contributed by atoms with Gasteiger partial charge in [0, 0.05) is 6.42 Å². The molecule has 19 heteroatoms. The average Bonchev–Trinajstić information content (AvgIpc) is 0.780. The molecule has 3 aliphatic rings. The molecule has 12 N–H and O–H groups in total. The van der Waals surface area contributed by atoms with E-state index in [1.165, 1.54) is 167 Å². The summed E-state index contributed by atoms with van der Waals surface area (Å²) in [5.41, 5.74) is 0. The highest BCUT2D eigenvalue weighted by atomic mass is 16.8. The topological polar surface area (TPSA) is 307 Å². The monoisotopic (exact) mass is 1590 g/mol. The molecule has 0 aromatic rings. The van der Waals surface area contributed by atoms with Crippen molar-refractivity contribution in [3.05, 3.63) is 134 Å². The lowest BCUT2D eigenvalue weighted by Gasteiger charge is -2.48. The van der Waals surface area contributed by atoms with Crippen molar-refractivity contribution in [1.82, 2.24) is 5.32 Å². The van der Waals surface area contributed by atoms with Crippen molar-refractivity contribution in [3.8, 4) is 0 Å². The quantitative estimate of drug-likeness (QED) is 0.0199. The Morgan fingerprint density at radius 1 is 0.327 bits per heavy atom. The van der Waals surface area contributed by atoms with Crippen LogP contribution in [0.25, 0.3) is 0 Å². The lowest BCUT2D eigenvalue weighted by molar-refractivity contribution is -0.379. The molecule has 650 valence electrons. The maximum atomic E-state index is 13.5. The molecule has 3 saturated heterocycles. The molecule has 0 aromatic carbocycles. The van der Waals surface area contributed by atoms with E-state index in [-0.39, 0.29) is 18.9 Å². The Morgan fingerprint density at radius 3 is 0.991 bits per heavy atom. The third-order valence-corrected chi connectivity index (χ3v) is 21.4. The molecule has 0 aliphatic carbocycles. The van der Waals surface area contributed by atoms with Crippen LogP contribution in [0.1, 0.15) is 322 Å². The van der Waals surface area contributed by atoms with Gasteiger partial charge in [-0.05, 0) is 103 Å². The van der Waals surface area contributed by atoms with Gasteiger partial charge in [0.05, 0.1) is 38.6 Å². The summed E-state index contributed by atoms with van der Waals surface area (Å²) in [5, 5.41) is 121. The van der Waals surface area contributed by atoms with Crippen LogP contribution < -0.4 is 5.32 Å². The van der Waals surface area contributed by atoms with E-state index in [2.05, 4.69) is 141 Å². The van der Waals surface area contributed by atoms with Gasteiger partial charge in [0.1, 0.15) is 73.2 Å². The summed E-state index contributed by atoms with van der Waals surface area (Å²) in [5.74, 6) is -0.299. The normalized spacial score (nSPS) is 25.5. The standard InChI is InChI=1S/C94H161NO18/c1-3-5-7-9-11-13-15-17-19-21-23-25-27-29-31-33-35-37-38-40-42-44-46-48-50-52-54-56-58-60-62-64-66-68-70-72-82(100)95-77(78(99)71-69-67-65-63-61-59-57-55-53-51-49-47-45-43-41-39-36-34-32-30-28-26-24-22-20-18-16-14-12-10-8-6-4-2)76-108-92-88(106)85(103)90(80(74-97)110-92)113-94-89(107)86(104)91(81(75-98)111-94)112-93-87(105)84(102)83(101)79(73-96)109-93/h5,7,11,13,17,19,23,25,29,31,35,37,40,42,46,48,52,54,61,63,69,71,77-81,83-94,96-99,101-107H,3-4,6,8-10,12,14-16,18,20-22,24,26-28,30,32-34,36,38-39,41,43-45,47,49-51,53,55-60,62,64-68,70,72-76H2,1-2H3,(H,95,100)/b7-5-,13-11-,19-17-,25-23-,31-29-,37-35-,42-40-,48-46-,54-52-,63-61+,71-69+. The molecule has 3 rings (SSSR count). The molecule has 0 bridgehead atoms. The van der Waals surface area contributed by atoms with Gasteiger partial charge in [0.2, 0.25) is 5.91 Å². The van der Waals surface area contributed by atoms with Crippen molar-refractivity contribution in [1.29, 1.82) is 0 Å². The SMILES string of the molecule is CC/C=C\C/C=C\C/C=C\C/C=C\C/C=C\C/C=C\C/C=C\C/C=C\C/C=C\CCCCCCCCCC(=O)NC(COC1OC(CO)C(OC2OC(CO)C(OC3OC(CO)C(O)C(O)C3O)C(O)C2O)C(O)C1O)C(O)/C=C/CC/C=C/CCCCCCCCCCCCCCCCCCCCCCCCCCCCC. The molecular formula is C94H161NO18. The summed E-state index contributed by atoms with van der Waals surface area (Å²) in [7, 11) is 0. The smallest absolute Gasteiger partial charge is 0.220 e. The number of aliphatic hydroxyl groups is 11. The Labute approximate surface area is 683 Å². The molecule has 0 radical (unpaired) electrons. The molecule has 0 spiro atoms. The van der Waals surface area contributed by atoms with Crippen LogP contribution in [0.15, 0.2) is 134 Å². The van der Waals surface area contributed by atoms with E-state index < -0.39 is 124 Å². The van der Waals surface area contributed by atoms with E-state index in [4.69, 9.17) is 28.4 Å². The first-order chi connectivity index (χ1) is 55.3. The van der Waals surface area contributed by atoms with Crippen molar-refractivity contribution in [2.75, 3.05) is 26.4 Å². The number of carbonyl (C=O) groups is 1. The summed E-state index contributed by atoms with van der Waals surface area (Å²) in [6, 6.07) is -1.01. The van der Waals surface area contributed by atoms with E-state index in [9.17, 15) is 61.0 Å². The minimum Gasteiger partial charge on any atom is -0.394 e. The van der Waals surface area contributed by atoms with Gasteiger partial charge in [-0.15, -0.1) is 0 Å². The number of rotatable bonds is 71. The molecule has 3 aliphatic heterocycles. The first-order valence-corrected chi connectivity index (χ1v) is 44.9. The molecule has 17 unspecified atom stereocenters. The van der Waals surface area contributed by atoms with Gasteiger partial charge in [0.15, 0.2) is 18.9 Å². The van der Waals surface area contributed by atoms with E-state index in [1.54, 1.807) is 6.08 Å². The highest BCUT2D eigenvalue weighted by molar-refractivity contribution is 5.76. The molecule has 0 saturated carbocycles. The van der Waals surface area contributed by atoms with Gasteiger partial charge in [0.25, 0.3) is 0 Å². The zero-order valence-corrected chi connectivity index (χ0v) is 70.1. The van der Waals surface area contributed by atoms with Crippen LogP contribution in [0.5, 0.6) is 0 Å². The lowest BCUT2D eigenvalue weighted by atomic mass is 9.96. The predicted octanol–water partition coefficient (Wildman–Crippen LogP) is 17.2. The zero-order chi connectivity index (χ0) is 81.7. The number of ether oxygens (including phenoxy) is 6. The van der Waals surface area contributed by atoms with Crippen molar-refractivity contribution < 1.29 is 89.4 Å². The number of allylic oxidation sites excluding steroid dienone is 21. The minimum absolute atomic E-state index is 0.214. The highest BCUT2D eigenvalue weighted by Gasteiger charge is 2.54. The third-order valence-electron chi connectivity index (χ3n) is 21.4. The fraction of sp³-hybridized carbons (Fsp3) is 0.755. The first-order valence-electron chi connectivity index (χ1n) is 44.9. The van der Waals surface area contributed by atoms with Crippen LogP contribution in [0.2, 0.25) is 0 Å². The van der Waals surface area contributed by atoms with Crippen LogP contribution >= 0.6 is 0 Å². The highest BCUT2D eigenvalue weighted by Crippen LogP contribution is 2.33. The molecule has 113 heavy (non-hydrogen) atoms. The Balaban J connectivity index is 1.36. The Hall–Kier alpha value is -4.07. The summed E-state index contributed by atoms with van der Waals surface area (Å²) in [6.45, 7) is 1.62. The number of hydrogen-bond donors (Lipinski definition) is 12. The number of carbonyl (C=O) groups excluding carboxylic acids is 1. The summed E-state index contributed by atoms with van der Waals surface area (Å²) < 4.78 is 34.5.